The zero-order chi connectivity index (χ0) is 10.6. The van der Waals surface area contributed by atoms with Crippen LogP contribution in [0.15, 0.2) is 21.8 Å². The summed E-state index contributed by atoms with van der Waals surface area (Å²) in [6, 6.07) is 2.10. The molecule has 0 aliphatic rings. The molecular formula is C10H13BrClNS. The highest BCUT2D eigenvalue weighted by Gasteiger charge is 2.05. The van der Waals surface area contributed by atoms with Gasteiger partial charge in [0, 0.05) is 21.8 Å². The molecule has 0 saturated carbocycles. The molecule has 0 aliphatic carbocycles. The predicted octanol–water partition coefficient (Wildman–Crippen LogP) is 4.26. The minimum absolute atomic E-state index is 0.528. The Morgan fingerprint density at radius 2 is 2.36 bits per heavy atom. The normalized spacial score (nSPS) is 12.9. The number of rotatable bonds is 4. The summed E-state index contributed by atoms with van der Waals surface area (Å²) in [6.45, 7) is 4.24. The van der Waals surface area contributed by atoms with Crippen molar-refractivity contribution in [2.45, 2.75) is 30.5 Å². The number of alkyl halides is 1. The molecule has 0 aliphatic heterocycles. The standard InChI is InChI=1S/C10H13BrClNS/c1-7-5-10(13-6-9(7)11)14-8(2)3-4-12/h5-6,8H,3-4H2,1-2H3. The van der Waals surface area contributed by atoms with Crippen LogP contribution in [0.2, 0.25) is 0 Å². The monoisotopic (exact) mass is 293 g/mol. The SMILES string of the molecule is Cc1cc(SC(C)CCCl)ncc1Br. The molecule has 0 saturated heterocycles. The van der Waals surface area contributed by atoms with E-state index < -0.39 is 0 Å². The van der Waals surface area contributed by atoms with E-state index in [0.717, 1.165) is 15.9 Å². The van der Waals surface area contributed by atoms with Gasteiger partial charge in [-0.15, -0.1) is 23.4 Å². The van der Waals surface area contributed by atoms with Crippen LogP contribution in [0.25, 0.3) is 0 Å². The summed E-state index contributed by atoms with van der Waals surface area (Å²) in [4.78, 5) is 4.33. The Morgan fingerprint density at radius 3 is 2.93 bits per heavy atom. The third kappa shape index (κ3) is 3.79. The average molecular weight is 295 g/mol. The minimum Gasteiger partial charge on any atom is -0.249 e. The zero-order valence-electron chi connectivity index (χ0n) is 8.26. The molecule has 14 heavy (non-hydrogen) atoms. The molecule has 0 fully saturated rings. The Kier molecular flexibility index (Phi) is 5.28. The quantitative estimate of drug-likeness (QED) is 0.608. The summed E-state index contributed by atoms with van der Waals surface area (Å²) in [5.74, 6) is 0.712. The fraction of sp³-hybridized carbons (Fsp3) is 0.500. The summed E-state index contributed by atoms with van der Waals surface area (Å²) in [5.41, 5.74) is 1.22. The van der Waals surface area contributed by atoms with Gasteiger partial charge in [0.2, 0.25) is 0 Å². The second-order valence-electron chi connectivity index (χ2n) is 3.18. The minimum atomic E-state index is 0.528. The first kappa shape index (κ1) is 12.3. The first-order valence-electron chi connectivity index (χ1n) is 4.48. The lowest BCUT2D eigenvalue weighted by molar-refractivity contribution is 0.906. The van der Waals surface area contributed by atoms with E-state index in [0.29, 0.717) is 11.1 Å². The van der Waals surface area contributed by atoms with E-state index in [9.17, 15) is 0 Å². The van der Waals surface area contributed by atoms with Gasteiger partial charge < -0.3 is 0 Å². The molecule has 1 heterocycles. The van der Waals surface area contributed by atoms with Gasteiger partial charge in [0.15, 0.2) is 0 Å². The average Bonchev–Trinajstić information content (AvgIpc) is 2.12. The molecule has 0 spiro atoms. The zero-order valence-corrected chi connectivity index (χ0v) is 11.4. The Balaban J connectivity index is 2.63. The lowest BCUT2D eigenvalue weighted by Crippen LogP contribution is -1.97. The van der Waals surface area contributed by atoms with Crippen LogP contribution in [0.5, 0.6) is 0 Å². The first-order chi connectivity index (χ1) is 6.63. The third-order valence-electron chi connectivity index (χ3n) is 1.86. The molecule has 1 aromatic rings. The Hall–Kier alpha value is 0.270. The van der Waals surface area contributed by atoms with Crippen LogP contribution in [0.1, 0.15) is 18.9 Å². The predicted molar refractivity (Wildman–Crippen MR) is 67.3 cm³/mol. The van der Waals surface area contributed by atoms with Gasteiger partial charge in [0.05, 0.1) is 5.03 Å². The molecule has 1 unspecified atom stereocenters. The van der Waals surface area contributed by atoms with E-state index in [4.69, 9.17) is 11.6 Å². The number of hydrogen-bond donors (Lipinski definition) is 0. The lowest BCUT2D eigenvalue weighted by Gasteiger charge is -2.09. The van der Waals surface area contributed by atoms with Gasteiger partial charge in [-0.05, 0) is 40.9 Å². The van der Waals surface area contributed by atoms with Gasteiger partial charge in [-0.1, -0.05) is 6.92 Å². The summed E-state index contributed by atoms with van der Waals surface area (Å²) >= 11 is 10.9. The van der Waals surface area contributed by atoms with Crippen LogP contribution < -0.4 is 0 Å². The highest BCUT2D eigenvalue weighted by atomic mass is 79.9. The maximum Gasteiger partial charge on any atom is 0.0965 e. The van der Waals surface area contributed by atoms with Crippen LogP contribution >= 0.6 is 39.3 Å². The topological polar surface area (TPSA) is 12.9 Å². The summed E-state index contributed by atoms with van der Waals surface area (Å²) in [7, 11) is 0. The largest absolute Gasteiger partial charge is 0.249 e. The maximum atomic E-state index is 5.68. The van der Waals surface area contributed by atoms with E-state index in [1.165, 1.54) is 5.56 Å². The van der Waals surface area contributed by atoms with Gasteiger partial charge >= 0.3 is 0 Å². The van der Waals surface area contributed by atoms with Crippen molar-refractivity contribution < 1.29 is 0 Å². The fourth-order valence-electron chi connectivity index (χ4n) is 0.997. The fourth-order valence-corrected chi connectivity index (χ4v) is 2.68. The van der Waals surface area contributed by atoms with Gasteiger partial charge in [0.25, 0.3) is 0 Å². The van der Waals surface area contributed by atoms with Crippen molar-refractivity contribution in [1.29, 1.82) is 0 Å². The molecule has 1 atom stereocenters. The molecule has 78 valence electrons. The van der Waals surface area contributed by atoms with Crippen molar-refractivity contribution >= 4 is 39.3 Å². The van der Waals surface area contributed by atoms with Gasteiger partial charge in [-0.2, -0.15) is 0 Å². The second kappa shape index (κ2) is 5.99. The van der Waals surface area contributed by atoms with E-state index in [1.54, 1.807) is 11.8 Å². The van der Waals surface area contributed by atoms with Crippen molar-refractivity contribution in [2.75, 3.05) is 5.88 Å². The highest BCUT2D eigenvalue weighted by Crippen LogP contribution is 2.26. The summed E-state index contributed by atoms with van der Waals surface area (Å²) in [5, 5.41) is 1.60. The Labute approximate surface area is 103 Å². The van der Waals surface area contributed by atoms with E-state index in [-0.39, 0.29) is 0 Å². The van der Waals surface area contributed by atoms with Crippen molar-refractivity contribution in [3.63, 3.8) is 0 Å². The van der Waals surface area contributed by atoms with Crippen LogP contribution in [0.3, 0.4) is 0 Å². The number of thioether (sulfide) groups is 1. The maximum absolute atomic E-state index is 5.68. The van der Waals surface area contributed by atoms with E-state index in [2.05, 4.69) is 40.8 Å². The lowest BCUT2D eigenvalue weighted by atomic mass is 10.3. The molecule has 4 heteroatoms. The summed E-state index contributed by atoms with van der Waals surface area (Å²) in [6.07, 6.45) is 2.87. The Morgan fingerprint density at radius 1 is 1.64 bits per heavy atom. The van der Waals surface area contributed by atoms with Crippen LogP contribution in [-0.2, 0) is 0 Å². The molecule has 0 aromatic carbocycles. The first-order valence-corrected chi connectivity index (χ1v) is 6.69. The molecule has 1 aromatic heterocycles. The van der Waals surface area contributed by atoms with Gasteiger partial charge in [0.1, 0.15) is 0 Å². The Bertz CT molecular complexity index is 306. The van der Waals surface area contributed by atoms with Crippen LogP contribution in [-0.4, -0.2) is 16.1 Å². The number of aromatic nitrogens is 1. The van der Waals surface area contributed by atoms with Crippen molar-refractivity contribution in [1.82, 2.24) is 4.98 Å². The second-order valence-corrected chi connectivity index (χ2v) is 5.87. The van der Waals surface area contributed by atoms with Crippen LogP contribution in [0.4, 0.5) is 0 Å². The third-order valence-corrected chi connectivity index (χ3v) is 4.01. The number of pyridine rings is 1. The molecule has 0 N–H and O–H groups in total. The van der Waals surface area contributed by atoms with Gasteiger partial charge in [-0.3, -0.25) is 0 Å². The molecule has 0 amide bonds. The molecule has 1 rings (SSSR count). The van der Waals surface area contributed by atoms with Crippen molar-refractivity contribution in [3.8, 4) is 0 Å². The number of hydrogen-bond acceptors (Lipinski definition) is 2. The number of aryl methyl sites for hydroxylation is 1. The summed E-state index contributed by atoms with van der Waals surface area (Å²) < 4.78 is 1.06. The van der Waals surface area contributed by atoms with E-state index >= 15 is 0 Å². The molecule has 1 nitrogen and oxygen atoms in total. The van der Waals surface area contributed by atoms with E-state index in [1.807, 2.05) is 6.20 Å². The smallest absolute Gasteiger partial charge is 0.0965 e. The number of nitrogens with zero attached hydrogens (tertiary/aromatic N) is 1. The molecule has 0 radical (unpaired) electrons. The molecular weight excluding hydrogens is 282 g/mol. The van der Waals surface area contributed by atoms with Crippen molar-refractivity contribution in [2.24, 2.45) is 0 Å². The van der Waals surface area contributed by atoms with Crippen LogP contribution in [0, 0.1) is 6.92 Å². The number of halogens is 2. The van der Waals surface area contributed by atoms with Gasteiger partial charge in [-0.25, -0.2) is 4.98 Å². The molecule has 0 bridgehead atoms. The highest BCUT2D eigenvalue weighted by molar-refractivity contribution is 9.10. The van der Waals surface area contributed by atoms with Crippen molar-refractivity contribution in [3.05, 3.63) is 22.3 Å².